The van der Waals surface area contributed by atoms with Crippen LogP contribution in [-0.2, 0) is 9.53 Å². The topological polar surface area (TPSA) is 72.5 Å². The lowest BCUT2D eigenvalue weighted by Crippen LogP contribution is -2.15. The summed E-state index contributed by atoms with van der Waals surface area (Å²) >= 11 is 0. The van der Waals surface area contributed by atoms with Gasteiger partial charge in [0.2, 0.25) is 0 Å². The third-order valence-corrected chi connectivity index (χ3v) is 3.81. The summed E-state index contributed by atoms with van der Waals surface area (Å²) < 4.78 is 4.58. The lowest BCUT2D eigenvalue weighted by Gasteiger charge is -2.02. The number of hydrogen-bond donors (Lipinski definition) is 2. The van der Waals surface area contributed by atoms with Gasteiger partial charge in [0.15, 0.2) is 0 Å². The van der Waals surface area contributed by atoms with Gasteiger partial charge < -0.3 is 9.84 Å². The van der Waals surface area contributed by atoms with Gasteiger partial charge in [0.1, 0.15) is 6.23 Å². The van der Waals surface area contributed by atoms with Crippen molar-refractivity contribution in [3.63, 3.8) is 0 Å². The minimum atomic E-state index is -0.655. The van der Waals surface area contributed by atoms with E-state index >= 15 is 0 Å². The van der Waals surface area contributed by atoms with Crippen molar-refractivity contribution >= 4 is 5.97 Å². The summed E-state index contributed by atoms with van der Waals surface area (Å²) in [7, 11) is 0. The summed E-state index contributed by atoms with van der Waals surface area (Å²) in [5, 5.41) is 8.49. The van der Waals surface area contributed by atoms with E-state index in [1.807, 2.05) is 0 Å². The predicted octanol–water partition coefficient (Wildman–Crippen LogP) is 6.00. The van der Waals surface area contributed by atoms with Crippen LogP contribution in [0.5, 0.6) is 0 Å². The van der Waals surface area contributed by atoms with Crippen molar-refractivity contribution in [2.45, 2.75) is 110 Å². The molecule has 0 aromatic rings. The Morgan fingerprint density at radius 3 is 1.58 bits per heavy atom. The third-order valence-electron chi connectivity index (χ3n) is 3.81. The van der Waals surface area contributed by atoms with Gasteiger partial charge in [-0.15, -0.1) is 0 Å². The Bertz CT molecular complexity index is 268. The first-order valence-corrected chi connectivity index (χ1v) is 9.78. The van der Waals surface area contributed by atoms with Crippen LogP contribution in [0.25, 0.3) is 0 Å². The molecule has 0 heterocycles. The maximum Gasteiger partial charge on any atom is 0.303 e. The van der Waals surface area contributed by atoms with E-state index in [9.17, 15) is 4.79 Å². The van der Waals surface area contributed by atoms with E-state index in [4.69, 9.17) is 10.8 Å². The van der Waals surface area contributed by atoms with Gasteiger partial charge in [-0.2, -0.15) is 0 Å². The summed E-state index contributed by atoms with van der Waals surface area (Å²) in [4.78, 5) is 10.3. The van der Waals surface area contributed by atoms with Crippen LogP contribution in [0.15, 0.2) is 12.8 Å². The molecule has 1 atom stereocenters. The fraction of sp³-hybridized carbons (Fsp3) is 0.850. The highest BCUT2D eigenvalue weighted by atomic mass is 16.5. The molecule has 0 bridgehead atoms. The number of aliphatic carboxylic acids is 1. The maximum atomic E-state index is 10.3. The quantitative estimate of drug-likeness (QED) is 0.205. The van der Waals surface area contributed by atoms with Gasteiger partial charge in [0, 0.05) is 6.42 Å². The molecule has 3 N–H and O–H groups in total. The molecule has 4 heteroatoms. The lowest BCUT2D eigenvalue weighted by molar-refractivity contribution is -0.137. The SMILES string of the molecule is C=COC(C)N.CCCCCCCCCCCCCCCC(=O)O. The highest BCUT2D eigenvalue weighted by Crippen LogP contribution is 2.12. The molecule has 0 aliphatic carbocycles. The second-order valence-corrected chi connectivity index (χ2v) is 6.39. The second-order valence-electron chi connectivity index (χ2n) is 6.39. The van der Waals surface area contributed by atoms with Crippen molar-refractivity contribution < 1.29 is 14.6 Å². The van der Waals surface area contributed by atoms with E-state index in [1.54, 1.807) is 6.92 Å². The monoisotopic (exact) mass is 343 g/mol. The largest absolute Gasteiger partial charge is 0.484 e. The Morgan fingerprint density at radius 2 is 1.33 bits per heavy atom. The average molecular weight is 344 g/mol. The number of ether oxygens (including phenoxy) is 1. The molecular weight excluding hydrogens is 302 g/mol. The number of unbranched alkanes of at least 4 members (excludes halogenated alkanes) is 12. The Balaban J connectivity index is 0. The van der Waals surface area contributed by atoms with Gasteiger partial charge in [0.25, 0.3) is 0 Å². The van der Waals surface area contributed by atoms with Crippen molar-refractivity contribution in [1.29, 1.82) is 0 Å². The summed E-state index contributed by atoms with van der Waals surface area (Å²) in [5.41, 5.74) is 5.11. The van der Waals surface area contributed by atoms with Crippen molar-refractivity contribution in [1.82, 2.24) is 0 Å². The number of nitrogens with two attached hydrogens (primary N) is 1. The molecule has 0 fully saturated rings. The Hall–Kier alpha value is -1.03. The third kappa shape index (κ3) is 29.0. The van der Waals surface area contributed by atoms with Crippen molar-refractivity contribution in [2.24, 2.45) is 5.73 Å². The van der Waals surface area contributed by atoms with Crippen LogP contribution < -0.4 is 5.73 Å². The Labute approximate surface area is 149 Å². The molecule has 0 radical (unpaired) electrons. The second kappa shape index (κ2) is 22.0. The van der Waals surface area contributed by atoms with E-state index in [0.29, 0.717) is 6.42 Å². The molecule has 144 valence electrons. The zero-order valence-corrected chi connectivity index (χ0v) is 16.1. The van der Waals surface area contributed by atoms with Crippen LogP contribution >= 0.6 is 0 Å². The number of rotatable bonds is 16. The van der Waals surface area contributed by atoms with Crippen molar-refractivity contribution in [3.05, 3.63) is 12.8 Å². The van der Waals surface area contributed by atoms with Gasteiger partial charge >= 0.3 is 5.97 Å². The zero-order valence-electron chi connectivity index (χ0n) is 16.1. The van der Waals surface area contributed by atoms with Gasteiger partial charge in [-0.25, -0.2) is 0 Å². The van der Waals surface area contributed by atoms with Crippen molar-refractivity contribution in [3.8, 4) is 0 Å². The first-order chi connectivity index (χ1) is 11.5. The summed E-state index contributed by atoms with van der Waals surface area (Å²) in [6.45, 7) is 7.30. The molecule has 0 amide bonds. The molecule has 24 heavy (non-hydrogen) atoms. The van der Waals surface area contributed by atoms with E-state index in [1.165, 1.54) is 76.9 Å². The van der Waals surface area contributed by atoms with E-state index < -0.39 is 5.97 Å². The molecule has 4 nitrogen and oxygen atoms in total. The molecule has 0 saturated heterocycles. The number of hydrogen-bond acceptors (Lipinski definition) is 3. The highest BCUT2D eigenvalue weighted by molar-refractivity contribution is 5.66. The fourth-order valence-electron chi connectivity index (χ4n) is 2.45. The van der Waals surface area contributed by atoms with Crippen LogP contribution in [0, 0.1) is 0 Å². The van der Waals surface area contributed by atoms with Crippen LogP contribution in [0.1, 0.15) is 104 Å². The van der Waals surface area contributed by atoms with Crippen molar-refractivity contribution in [2.75, 3.05) is 0 Å². The lowest BCUT2D eigenvalue weighted by atomic mass is 10.0. The van der Waals surface area contributed by atoms with Crippen LogP contribution in [0.3, 0.4) is 0 Å². The first-order valence-electron chi connectivity index (χ1n) is 9.78. The normalized spacial score (nSPS) is 11.3. The minimum absolute atomic E-state index is 0.220. The number of carbonyl (C=O) groups is 1. The summed E-state index contributed by atoms with van der Waals surface area (Å²) in [6, 6.07) is 0. The smallest absolute Gasteiger partial charge is 0.303 e. The maximum absolute atomic E-state index is 10.3. The van der Waals surface area contributed by atoms with E-state index in [-0.39, 0.29) is 6.23 Å². The molecule has 0 aliphatic rings. The minimum Gasteiger partial charge on any atom is -0.484 e. The van der Waals surface area contributed by atoms with Crippen LogP contribution in [0.4, 0.5) is 0 Å². The average Bonchev–Trinajstić information content (AvgIpc) is 2.52. The molecule has 0 spiro atoms. The molecule has 0 aromatic carbocycles. The molecular formula is C20H41NO3. The van der Waals surface area contributed by atoms with Gasteiger partial charge in [-0.3, -0.25) is 10.5 Å². The number of carboxylic acids is 1. The molecule has 0 saturated carbocycles. The fourth-order valence-corrected chi connectivity index (χ4v) is 2.45. The molecule has 0 aliphatic heterocycles. The Morgan fingerprint density at radius 1 is 0.958 bits per heavy atom. The highest BCUT2D eigenvalue weighted by Gasteiger charge is 1.96. The van der Waals surface area contributed by atoms with E-state index in [2.05, 4.69) is 18.2 Å². The molecule has 1 unspecified atom stereocenters. The molecule has 0 rings (SSSR count). The standard InChI is InChI=1S/C16H32O2.C4H9NO/c1-2-3-4-5-6-7-8-9-10-11-12-13-14-15-16(17)18;1-3-6-4(2)5/h2-15H2,1H3,(H,17,18);3-4H,1,5H2,2H3. The summed E-state index contributed by atoms with van der Waals surface area (Å²) in [6.07, 6.45) is 18.4. The van der Waals surface area contributed by atoms with Gasteiger partial charge in [0.05, 0.1) is 6.26 Å². The number of carboxylic acid groups (broad SMARTS) is 1. The van der Waals surface area contributed by atoms with Crippen LogP contribution in [-0.4, -0.2) is 17.3 Å². The first kappa shape index (κ1) is 25.2. The van der Waals surface area contributed by atoms with E-state index in [0.717, 1.165) is 12.8 Å². The summed E-state index contributed by atoms with van der Waals surface area (Å²) in [5.74, 6) is -0.655. The van der Waals surface area contributed by atoms with Gasteiger partial charge in [-0.05, 0) is 13.3 Å². The van der Waals surface area contributed by atoms with Crippen LogP contribution in [0.2, 0.25) is 0 Å². The zero-order chi connectivity index (χ0) is 18.5. The Kier molecular flexibility index (Phi) is 23.1. The van der Waals surface area contributed by atoms with Gasteiger partial charge in [-0.1, -0.05) is 90.6 Å². The predicted molar refractivity (Wildman–Crippen MR) is 103 cm³/mol. The molecule has 0 aromatic heterocycles.